The molecule has 1 rings (SSSR count). The van der Waals surface area contributed by atoms with Crippen LogP contribution in [0.1, 0.15) is 38.1 Å². The zero-order chi connectivity index (χ0) is 22.0. The smallest absolute Gasteiger partial charge is 0.236 e. The maximum absolute atomic E-state index is 13.2. The van der Waals surface area contributed by atoms with Gasteiger partial charge in [0.1, 0.15) is 17.5 Å². The third-order valence-corrected chi connectivity index (χ3v) is 4.30. The summed E-state index contributed by atoms with van der Waals surface area (Å²) in [6, 6.07) is 5.05. The van der Waals surface area contributed by atoms with Gasteiger partial charge in [0.2, 0.25) is 5.91 Å². The van der Waals surface area contributed by atoms with E-state index in [0.29, 0.717) is 5.70 Å². The quantitative estimate of drug-likeness (QED) is 0.267. The minimum atomic E-state index is -1.22. The third-order valence-electron chi connectivity index (χ3n) is 4.30. The normalized spacial score (nSPS) is 14.2. The van der Waals surface area contributed by atoms with Gasteiger partial charge in [-0.25, -0.2) is 4.39 Å². The zero-order valence-electron chi connectivity index (χ0n) is 17.3. The van der Waals surface area contributed by atoms with E-state index in [1.165, 1.54) is 30.3 Å². The predicted molar refractivity (Wildman–Crippen MR) is 114 cm³/mol. The first kappa shape index (κ1) is 24.0. The molecule has 29 heavy (non-hydrogen) atoms. The van der Waals surface area contributed by atoms with Crippen LogP contribution in [0.3, 0.4) is 0 Å². The minimum Gasteiger partial charge on any atom is -0.325 e. The summed E-state index contributed by atoms with van der Waals surface area (Å²) in [5, 5.41) is 2.68. The van der Waals surface area contributed by atoms with Crippen molar-refractivity contribution in [2.24, 2.45) is 17.8 Å². The van der Waals surface area contributed by atoms with Gasteiger partial charge in [-0.1, -0.05) is 44.7 Å². The molecule has 0 aromatic heterocycles. The molecule has 0 aliphatic carbocycles. The Kier molecular flexibility index (Phi) is 9.66. The number of rotatable bonds is 10. The summed E-state index contributed by atoms with van der Waals surface area (Å²) in [7, 11) is 0. The molecule has 0 saturated carbocycles. The van der Waals surface area contributed by atoms with Crippen LogP contribution in [-0.2, 0) is 9.59 Å². The zero-order valence-corrected chi connectivity index (χ0v) is 17.3. The molecule has 0 aliphatic rings. The Balaban J connectivity index is 3.38. The molecule has 1 aromatic rings. The summed E-state index contributed by atoms with van der Waals surface area (Å²) in [4.78, 5) is 39.0. The summed E-state index contributed by atoms with van der Waals surface area (Å²) >= 11 is 0. The van der Waals surface area contributed by atoms with Crippen molar-refractivity contribution in [3.63, 3.8) is 0 Å². The second-order valence-electron chi connectivity index (χ2n) is 6.80. The van der Waals surface area contributed by atoms with Gasteiger partial charge in [-0.05, 0) is 50.3 Å². The topological polar surface area (TPSA) is 63.2 Å². The summed E-state index contributed by atoms with van der Waals surface area (Å²) < 4.78 is 13.2. The number of nitrogens with one attached hydrogen (secondary N) is 1. The Labute approximate surface area is 171 Å². The second kappa shape index (κ2) is 11.7. The molecule has 1 aromatic carbocycles. The Bertz CT molecular complexity index is 832. The molecule has 0 bridgehead atoms. The van der Waals surface area contributed by atoms with Gasteiger partial charge in [0.05, 0.1) is 5.92 Å². The van der Waals surface area contributed by atoms with E-state index in [2.05, 4.69) is 11.9 Å². The van der Waals surface area contributed by atoms with E-state index in [0.717, 1.165) is 0 Å². The van der Waals surface area contributed by atoms with Crippen LogP contribution in [-0.4, -0.2) is 17.5 Å². The van der Waals surface area contributed by atoms with E-state index < -0.39 is 35.3 Å². The van der Waals surface area contributed by atoms with Gasteiger partial charge in [0, 0.05) is 17.2 Å². The third kappa shape index (κ3) is 6.79. The summed E-state index contributed by atoms with van der Waals surface area (Å²) in [6.45, 7) is 10.6. The fourth-order valence-corrected chi connectivity index (χ4v) is 2.77. The Hall–Kier alpha value is -3.08. The van der Waals surface area contributed by atoms with Crippen LogP contribution in [0.4, 0.5) is 4.39 Å². The molecule has 154 valence electrons. The maximum Gasteiger partial charge on any atom is 0.236 e. The van der Waals surface area contributed by atoms with Crippen molar-refractivity contribution in [1.29, 1.82) is 0 Å². The molecule has 0 radical (unpaired) electrons. The van der Waals surface area contributed by atoms with Gasteiger partial charge < -0.3 is 5.32 Å². The van der Waals surface area contributed by atoms with Crippen molar-refractivity contribution in [3.8, 4) is 0 Å². The van der Waals surface area contributed by atoms with Crippen molar-refractivity contribution in [1.82, 2.24) is 5.32 Å². The van der Waals surface area contributed by atoms with Gasteiger partial charge in [0.15, 0.2) is 5.78 Å². The minimum absolute atomic E-state index is 0.234. The summed E-state index contributed by atoms with van der Waals surface area (Å²) in [5.41, 5.74) is 0.653. The van der Waals surface area contributed by atoms with Crippen molar-refractivity contribution in [2.75, 3.05) is 0 Å². The van der Waals surface area contributed by atoms with Crippen molar-refractivity contribution in [3.05, 3.63) is 84.4 Å². The average Bonchev–Trinajstić information content (AvgIpc) is 2.70. The molecular formula is C24H28FNO3. The van der Waals surface area contributed by atoms with Crippen LogP contribution < -0.4 is 5.32 Å². The number of allylic oxidation sites excluding steroid dienone is 6. The molecule has 0 spiro atoms. The lowest BCUT2D eigenvalue weighted by Gasteiger charge is -2.24. The van der Waals surface area contributed by atoms with Gasteiger partial charge in [-0.15, -0.1) is 0 Å². The SMILES string of the molecule is C=C/C(=C\C=C/C)NC(=O)C(C(=O)C(C)C)C(/C=C/C)C(=O)c1ccc(F)cc1. The lowest BCUT2D eigenvalue weighted by atomic mass is 9.79. The lowest BCUT2D eigenvalue weighted by molar-refractivity contribution is -0.136. The molecule has 2 atom stereocenters. The highest BCUT2D eigenvalue weighted by atomic mass is 19.1. The van der Waals surface area contributed by atoms with Gasteiger partial charge in [-0.2, -0.15) is 0 Å². The molecule has 2 unspecified atom stereocenters. The average molecular weight is 397 g/mol. The molecule has 0 aliphatic heterocycles. The maximum atomic E-state index is 13.2. The van der Waals surface area contributed by atoms with Crippen LogP contribution in [0.5, 0.6) is 0 Å². The van der Waals surface area contributed by atoms with E-state index >= 15 is 0 Å². The predicted octanol–water partition coefficient (Wildman–Crippen LogP) is 4.80. The Morgan fingerprint density at radius 3 is 2.17 bits per heavy atom. The van der Waals surface area contributed by atoms with E-state index in [9.17, 15) is 18.8 Å². The van der Waals surface area contributed by atoms with Gasteiger partial charge in [-0.3, -0.25) is 14.4 Å². The van der Waals surface area contributed by atoms with Crippen LogP contribution in [0.2, 0.25) is 0 Å². The number of ketones is 2. The highest BCUT2D eigenvalue weighted by molar-refractivity contribution is 6.10. The molecule has 0 heterocycles. The van der Waals surface area contributed by atoms with Crippen LogP contribution in [0.15, 0.2) is 73.0 Å². The van der Waals surface area contributed by atoms with Crippen LogP contribution in [0.25, 0.3) is 0 Å². The number of Topliss-reactive ketones (excluding diaryl/α,β-unsaturated/α-hetero) is 2. The second-order valence-corrected chi connectivity index (χ2v) is 6.80. The van der Waals surface area contributed by atoms with E-state index in [1.54, 1.807) is 51.2 Å². The fourth-order valence-electron chi connectivity index (χ4n) is 2.77. The molecule has 0 fully saturated rings. The fraction of sp³-hybridized carbons (Fsp3) is 0.292. The van der Waals surface area contributed by atoms with Gasteiger partial charge in [0.25, 0.3) is 0 Å². The number of carbonyl (C=O) groups is 3. The first-order valence-electron chi connectivity index (χ1n) is 9.49. The summed E-state index contributed by atoms with van der Waals surface area (Å²) in [6.07, 6.45) is 9.79. The molecular weight excluding hydrogens is 369 g/mol. The standard InChI is InChI=1S/C24H28FNO3/c1-6-9-11-19(8-3)26-24(29)21(22(27)16(4)5)20(10-7-2)23(28)17-12-14-18(25)15-13-17/h6-16,20-21H,3H2,1-2,4-5H3,(H,26,29)/b9-6-,10-7+,19-11+. The van der Waals surface area contributed by atoms with E-state index in [1.807, 2.05) is 6.92 Å². The van der Waals surface area contributed by atoms with Crippen molar-refractivity contribution >= 4 is 17.5 Å². The first-order valence-corrected chi connectivity index (χ1v) is 9.49. The van der Waals surface area contributed by atoms with Crippen LogP contribution >= 0.6 is 0 Å². The number of hydrogen-bond donors (Lipinski definition) is 1. The molecule has 0 saturated heterocycles. The molecule has 5 heteroatoms. The summed E-state index contributed by atoms with van der Waals surface area (Å²) in [5.74, 6) is -4.51. The molecule has 1 N–H and O–H groups in total. The van der Waals surface area contributed by atoms with Crippen molar-refractivity contribution in [2.45, 2.75) is 27.7 Å². The Morgan fingerprint density at radius 2 is 1.69 bits per heavy atom. The van der Waals surface area contributed by atoms with Crippen molar-refractivity contribution < 1.29 is 18.8 Å². The number of halogens is 1. The number of amides is 1. The monoisotopic (exact) mass is 397 g/mol. The molecule has 1 amide bonds. The largest absolute Gasteiger partial charge is 0.325 e. The number of benzene rings is 1. The van der Waals surface area contributed by atoms with Gasteiger partial charge >= 0.3 is 0 Å². The lowest BCUT2D eigenvalue weighted by Crippen LogP contribution is -2.43. The van der Waals surface area contributed by atoms with E-state index in [-0.39, 0.29) is 11.3 Å². The first-order chi connectivity index (χ1) is 13.8. The van der Waals surface area contributed by atoms with E-state index in [4.69, 9.17) is 0 Å². The molecule has 4 nitrogen and oxygen atoms in total. The highest BCUT2D eigenvalue weighted by Gasteiger charge is 2.38. The number of hydrogen-bond acceptors (Lipinski definition) is 3. The van der Waals surface area contributed by atoms with Crippen LogP contribution in [0, 0.1) is 23.6 Å². The highest BCUT2D eigenvalue weighted by Crippen LogP contribution is 2.24. The Morgan fingerprint density at radius 1 is 1.07 bits per heavy atom. The number of carbonyl (C=O) groups excluding carboxylic acids is 3.